The van der Waals surface area contributed by atoms with Gasteiger partial charge in [-0.2, -0.15) is 0 Å². The topological polar surface area (TPSA) is 32.3 Å². The first-order chi connectivity index (χ1) is 11.5. The molecule has 1 aliphatic carbocycles. The Balaban J connectivity index is 1.77. The van der Waals surface area contributed by atoms with Crippen LogP contribution in [0.3, 0.4) is 0 Å². The average molecular weight is 347 g/mol. The van der Waals surface area contributed by atoms with Gasteiger partial charge in [0.25, 0.3) is 0 Å². The van der Waals surface area contributed by atoms with Crippen molar-refractivity contribution in [2.45, 2.75) is 32.4 Å². The molecule has 1 unspecified atom stereocenters. The fraction of sp³-hybridized carbons (Fsp3) is 0.316. The zero-order valence-corrected chi connectivity index (χ0v) is 14.3. The van der Waals surface area contributed by atoms with Crippen LogP contribution in [0.25, 0.3) is 0 Å². The zero-order valence-electron chi connectivity index (χ0n) is 13.5. The fourth-order valence-corrected chi connectivity index (χ4v) is 3.01. The molecule has 2 aromatic rings. The summed E-state index contributed by atoms with van der Waals surface area (Å²) in [5.74, 6) is 0.119. The highest BCUT2D eigenvalue weighted by Crippen LogP contribution is 2.36. The highest BCUT2D eigenvalue weighted by Gasteiger charge is 2.34. The summed E-state index contributed by atoms with van der Waals surface area (Å²) in [6.07, 6.45) is 2.30. The Labute approximate surface area is 146 Å². The molecule has 1 atom stereocenters. The molecule has 126 valence electrons. The molecule has 1 N–H and O–H groups in total. The molecule has 0 saturated heterocycles. The molecule has 0 heterocycles. The van der Waals surface area contributed by atoms with Crippen LogP contribution >= 0.6 is 11.6 Å². The number of carbonyl (C=O) groups excluding carboxylic acids is 1. The van der Waals surface area contributed by atoms with Gasteiger partial charge in [-0.1, -0.05) is 41.9 Å². The lowest BCUT2D eigenvalue weighted by Gasteiger charge is -2.30. The van der Waals surface area contributed by atoms with Crippen LogP contribution in [-0.2, 0) is 6.54 Å². The second-order valence-corrected chi connectivity index (χ2v) is 6.65. The number of urea groups is 1. The van der Waals surface area contributed by atoms with Gasteiger partial charge in [0, 0.05) is 12.6 Å². The summed E-state index contributed by atoms with van der Waals surface area (Å²) in [7, 11) is 0. The lowest BCUT2D eigenvalue weighted by Crippen LogP contribution is -2.42. The first kappa shape index (κ1) is 16.8. The molecule has 0 spiro atoms. The van der Waals surface area contributed by atoms with Crippen LogP contribution in [0, 0.1) is 11.7 Å². The Hall–Kier alpha value is -2.07. The van der Waals surface area contributed by atoms with Crippen LogP contribution in [0.2, 0.25) is 5.02 Å². The molecule has 0 aliphatic heterocycles. The van der Waals surface area contributed by atoms with E-state index in [4.69, 9.17) is 11.6 Å². The number of carbonyl (C=O) groups is 1. The second kappa shape index (κ2) is 7.22. The molecule has 0 aromatic heterocycles. The molecule has 1 fully saturated rings. The van der Waals surface area contributed by atoms with Crippen molar-refractivity contribution in [1.29, 1.82) is 0 Å². The summed E-state index contributed by atoms with van der Waals surface area (Å²) in [4.78, 5) is 14.6. The third-order valence-corrected chi connectivity index (χ3v) is 4.74. The van der Waals surface area contributed by atoms with Crippen LogP contribution in [-0.4, -0.2) is 17.0 Å². The number of benzene rings is 2. The van der Waals surface area contributed by atoms with E-state index in [1.807, 2.05) is 35.2 Å². The molecule has 5 heteroatoms. The number of amides is 2. The van der Waals surface area contributed by atoms with E-state index in [1.54, 1.807) is 0 Å². The van der Waals surface area contributed by atoms with E-state index in [0.29, 0.717) is 18.2 Å². The molecule has 3 rings (SSSR count). The smallest absolute Gasteiger partial charge is 0.317 e. The zero-order chi connectivity index (χ0) is 17.1. The second-order valence-electron chi connectivity index (χ2n) is 6.25. The van der Waals surface area contributed by atoms with Gasteiger partial charge in [-0.25, -0.2) is 9.18 Å². The number of nitrogens with one attached hydrogen (secondary N) is 1. The lowest BCUT2D eigenvalue weighted by atomic mass is 10.1. The van der Waals surface area contributed by atoms with Crippen molar-refractivity contribution >= 4 is 23.3 Å². The summed E-state index contributed by atoms with van der Waals surface area (Å²) in [6.45, 7) is 2.61. The maximum absolute atomic E-state index is 13.2. The third kappa shape index (κ3) is 4.06. The van der Waals surface area contributed by atoms with E-state index in [2.05, 4.69) is 12.2 Å². The van der Waals surface area contributed by atoms with Crippen molar-refractivity contribution in [3.05, 3.63) is 64.9 Å². The number of hydrogen-bond acceptors (Lipinski definition) is 1. The van der Waals surface area contributed by atoms with E-state index in [1.165, 1.54) is 18.2 Å². The van der Waals surface area contributed by atoms with Crippen LogP contribution in [0.4, 0.5) is 14.9 Å². The SMILES string of the molecule is CC(C1CC1)N(Cc1ccccc1)C(=O)Nc1ccc(F)cc1Cl. The van der Waals surface area contributed by atoms with Crippen molar-refractivity contribution in [2.75, 3.05) is 5.32 Å². The first-order valence-electron chi connectivity index (χ1n) is 8.11. The number of nitrogens with zero attached hydrogens (tertiary/aromatic N) is 1. The van der Waals surface area contributed by atoms with Gasteiger partial charge in [0.05, 0.1) is 10.7 Å². The molecule has 3 nitrogen and oxygen atoms in total. The summed E-state index contributed by atoms with van der Waals surface area (Å²) in [5, 5.41) is 3.01. The highest BCUT2D eigenvalue weighted by molar-refractivity contribution is 6.33. The van der Waals surface area contributed by atoms with Crippen LogP contribution in [0.15, 0.2) is 48.5 Å². The highest BCUT2D eigenvalue weighted by atomic mass is 35.5. The van der Waals surface area contributed by atoms with Gasteiger partial charge in [0.2, 0.25) is 0 Å². The molecular weight excluding hydrogens is 327 g/mol. The molecule has 0 bridgehead atoms. The van der Waals surface area contributed by atoms with E-state index >= 15 is 0 Å². The third-order valence-electron chi connectivity index (χ3n) is 4.43. The molecule has 2 amide bonds. The Bertz CT molecular complexity index is 719. The van der Waals surface area contributed by atoms with Crippen molar-refractivity contribution < 1.29 is 9.18 Å². The molecule has 0 radical (unpaired) electrons. The molecular formula is C19H20ClFN2O. The summed E-state index contributed by atoms with van der Waals surface area (Å²) in [5.41, 5.74) is 1.49. The number of rotatable bonds is 5. The minimum absolute atomic E-state index is 0.143. The van der Waals surface area contributed by atoms with Gasteiger partial charge in [-0.3, -0.25) is 0 Å². The first-order valence-corrected chi connectivity index (χ1v) is 8.49. The van der Waals surface area contributed by atoms with Gasteiger partial charge < -0.3 is 10.2 Å². The van der Waals surface area contributed by atoms with Crippen molar-refractivity contribution in [1.82, 2.24) is 4.90 Å². The molecule has 2 aromatic carbocycles. The van der Waals surface area contributed by atoms with Gasteiger partial charge >= 0.3 is 6.03 Å². The Morgan fingerprint density at radius 3 is 2.62 bits per heavy atom. The predicted molar refractivity (Wildman–Crippen MR) is 94.6 cm³/mol. The molecule has 1 aliphatic rings. The van der Waals surface area contributed by atoms with E-state index < -0.39 is 5.82 Å². The van der Waals surface area contributed by atoms with Gasteiger partial charge in [0.15, 0.2) is 0 Å². The minimum Gasteiger partial charge on any atom is -0.317 e. The lowest BCUT2D eigenvalue weighted by molar-refractivity contribution is 0.181. The van der Waals surface area contributed by atoms with Crippen LogP contribution < -0.4 is 5.32 Å². The monoisotopic (exact) mass is 346 g/mol. The van der Waals surface area contributed by atoms with E-state index in [0.717, 1.165) is 18.4 Å². The largest absolute Gasteiger partial charge is 0.322 e. The quantitative estimate of drug-likeness (QED) is 0.781. The number of hydrogen-bond donors (Lipinski definition) is 1. The Morgan fingerprint density at radius 2 is 2.00 bits per heavy atom. The Morgan fingerprint density at radius 1 is 1.29 bits per heavy atom. The Kier molecular flexibility index (Phi) is 5.05. The summed E-state index contributed by atoms with van der Waals surface area (Å²) in [6, 6.07) is 13.8. The molecule has 1 saturated carbocycles. The summed E-state index contributed by atoms with van der Waals surface area (Å²) >= 11 is 6.02. The van der Waals surface area contributed by atoms with E-state index in [-0.39, 0.29) is 17.1 Å². The normalized spacial score (nSPS) is 15.0. The standard InChI is InChI=1S/C19H20ClFN2O/c1-13(15-7-8-15)23(12-14-5-3-2-4-6-14)19(24)22-18-10-9-16(21)11-17(18)20/h2-6,9-11,13,15H,7-8,12H2,1H3,(H,22,24). The van der Waals surface area contributed by atoms with Gasteiger partial charge in [-0.15, -0.1) is 0 Å². The van der Waals surface area contributed by atoms with Gasteiger partial charge in [-0.05, 0) is 49.4 Å². The number of anilines is 1. The van der Waals surface area contributed by atoms with Crippen molar-refractivity contribution in [3.63, 3.8) is 0 Å². The summed E-state index contributed by atoms with van der Waals surface area (Å²) < 4.78 is 13.2. The average Bonchev–Trinajstić information content (AvgIpc) is 3.40. The maximum atomic E-state index is 13.2. The van der Waals surface area contributed by atoms with Crippen molar-refractivity contribution in [2.24, 2.45) is 5.92 Å². The van der Waals surface area contributed by atoms with Crippen LogP contribution in [0.1, 0.15) is 25.3 Å². The van der Waals surface area contributed by atoms with Crippen LogP contribution in [0.5, 0.6) is 0 Å². The van der Waals surface area contributed by atoms with Crippen molar-refractivity contribution in [3.8, 4) is 0 Å². The fourth-order valence-electron chi connectivity index (χ4n) is 2.79. The minimum atomic E-state index is -0.425. The van der Waals surface area contributed by atoms with E-state index in [9.17, 15) is 9.18 Å². The maximum Gasteiger partial charge on any atom is 0.322 e. The molecule has 24 heavy (non-hydrogen) atoms. The number of halogens is 2. The predicted octanol–water partition coefficient (Wildman–Crippen LogP) is 5.31. The van der Waals surface area contributed by atoms with Gasteiger partial charge in [0.1, 0.15) is 5.82 Å².